The van der Waals surface area contributed by atoms with Crippen LogP contribution in [0.25, 0.3) is 0 Å². The van der Waals surface area contributed by atoms with Crippen molar-refractivity contribution in [2.45, 2.75) is 26.2 Å². The number of aryl methyl sites for hydroxylation is 1. The molecule has 0 radical (unpaired) electrons. The zero-order valence-electron chi connectivity index (χ0n) is 14.4. The van der Waals surface area contributed by atoms with Gasteiger partial charge in [0.05, 0.1) is 17.2 Å². The summed E-state index contributed by atoms with van der Waals surface area (Å²) in [6, 6.07) is 14.1. The number of nitrogens with one attached hydrogen (secondary N) is 2. The first-order valence-corrected chi connectivity index (χ1v) is 8.25. The van der Waals surface area contributed by atoms with Crippen molar-refractivity contribution >= 4 is 17.5 Å². The van der Waals surface area contributed by atoms with Gasteiger partial charge in [-0.15, -0.1) is 0 Å². The topological polar surface area (TPSA) is 82.0 Å². The highest BCUT2D eigenvalue weighted by molar-refractivity contribution is 6.06. The summed E-state index contributed by atoms with van der Waals surface area (Å²) in [5.41, 5.74) is 2.67. The lowest BCUT2D eigenvalue weighted by atomic mass is 10.0. The molecule has 2 rings (SSSR count). The van der Waals surface area contributed by atoms with E-state index in [0.717, 1.165) is 19.3 Å². The number of carbonyl (C=O) groups is 2. The van der Waals surface area contributed by atoms with E-state index in [1.807, 2.05) is 30.3 Å². The molecule has 0 aliphatic carbocycles. The lowest BCUT2D eigenvalue weighted by Crippen LogP contribution is -2.20. The van der Waals surface area contributed by atoms with Gasteiger partial charge >= 0.3 is 0 Å². The molecule has 0 aliphatic heterocycles. The van der Waals surface area contributed by atoms with Crippen molar-refractivity contribution in [3.05, 3.63) is 64.7 Å². The highest BCUT2D eigenvalue weighted by atomic mass is 16.2. The van der Waals surface area contributed by atoms with Gasteiger partial charge in [-0.05, 0) is 48.7 Å². The van der Waals surface area contributed by atoms with Crippen LogP contribution in [-0.4, -0.2) is 18.9 Å². The van der Waals surface area contributed by atoms with Gasteiger partial charge in [-0.3, -0.25) is 9.59 Å². The maximum Gasteiger partial charge on any atom is 0.255 e. The minimum Gasteiger partial charge on any atom is -0.355 e. The maximum atomic E-state index is 12.4. The van der Waals surface area contributed by atoms with Gasteiger partial charge in [-0.25, -0.2) is 0 Å². The molecule has 0 fully saturated rings. The molecule has 0 aliphatic rings. The lowest BCUT2D eigenvalue weighted by molar-refractivity contribution is 0.0963. The number of nitrogens with zero attached hydrogens (tertiary/aromatic N) is 1. The molecule has 5 heteroatoms. The van der Waals surface area contributed by atoms with Crippen LogP contribution in [0.3, 0.4) is 0 Å². The number of rotatable bonds is 6. The van der Waals surface area contributed by atoms with Crippen LogP contribution < -0.4 is 10.6 Å². The first kappa shape index (κ1) is 18.2. The van der Waals surface area contributed by atoms with Crippen LogP contribution >= 0.6 is 0 Å². The Hall–Kier alpha value is -3.13. The van der Waals surface area contributed by atoms with Gasteiger partial charge in [0.15, 0.2) is 0 Å². The molecule has 128 valence electrons. The smallest absolute Gasteiger partial charge is 0.255 e. The number of unbranched alkanes of at least 4 members (excludes halogenated alkanes) is 1. The Labute approximate surface area is 147 Å². The molecule has 0 heterocycles. The molecule has 0 saturated heterocycles. The molecule has 25 heavy (non-hydrogen) atoms. The summed E-state index contributed by atoms with van der Waals surface area (Å²) >= 11 is 0. The molecule has 5 nitrogen and oxygen atoms in total. The van der Waals surface area contributed by atoms with Crippen molar-refractivity contribution in [1.82, 2.24) is 5.32 Å². The Morgan fingerprint density at radius 2 is 1.80 bits per heavy atom. The number of hydrogen-bond acceptors (Lipinski definition) is 3. The van der Waals surface area contributed by atoms with Gasteiger partial charge < -0.3 is 10.6 Å². The van der Waals surface area contributed by atoms with E-state index < -0.39 is 5.91 Å². The van der Waals surface area contributed by atoms with E-state index in [0.29, 0.717) is 11.3 Å². The summed E-state index contributed by atoms with van der Waals surface area (Å²) in [4.78, 5) is 24.3. The van der Waals surface area contributed by atoms with Crippen LogP contribution in [-0.2, 0) is 6.42 Å². The van der Waals surface area contributed by atoms with Gasteiger partial charge in [0, 0.05) is 18.3 Å². The fraction of sp³-hybridized carbons (Fsp3) is 0.250. The number of benzene rings is 2. The standard InChI is InChI=1S/C20H21N3O2/c1-3-4-5-14-6-10-17(11-7-14)23-19(24)15-8-9-16(13-21)18(12-15)20(25)22-2/h6-12H,3-5H2,1-2H3,(H,22,25)(H,23,24). The van der Waals surface area contributed by atoms with Crippen molar-refractivity contribution in [1.29, 1.82) is 5.26 Å². The van der Waals surface area contributed by atoms with Gasteiger partial charge in [0.2, 0.25) is 0 Å². The Morgan fingerprint density at radius 3 is 2.40 bits per heavy atom. The summed E-state index contributed by atoms with van der Waals surface area (Å²) in [6.45, 7) is 2.15. The second kappa shape index (κ2) is 8.65. The third-order valence-corrected chi connectivity index (χ3v) is 3.90. The lowest BCUT2D eigenvalue weighted by Gasteiger charge is -2.09. The average molecular weight is 335 g/mol. The number of hydrogen-bond donors (Lipinski definition) is 2. The minimum atomic E-state index is -0.397. The Morgan fingerprint density at radius 1 is 1.08 bits per heavy atom. The van der Waals surface area contributed by atoms with E-state index in [2.05, 4.69) is 17.6 Å². The zero-order chi connectivity index (χ0) is 18.2. The number of anilines is 1. The van der Waals surface area contributed by atoms with Crippen molar-refractivity contribution in [3.8, 4) is 6.07 Å². The average Bonchev–Trinajstić information content (AvgIpc) is 2.66. The van der Waals surface area contributed by atoms with Crippen LogP contribution in [0.2, 0.25) is 0 Å². The van der Waals surface area contributed by atoms with E-state index in [-0.39, 0.29) is 17.0 Å². The highest BCUT2D eigenvalue weighted by Crippen LogP contribution is 2.16. The third kappa shape index (κ3) is 4.67. The molecular formula is C20H21N3O2. The fourth-order valence-electron chi connectivity index (χ4n) is 2.44. The predicted molar refractivity (Wildman–Crippen MR) is 97.6 cm³/mol. The summed E-state index contributed by atoms with van der Waals surface area (Å²) in [7, 11) is 1.48. The van der Waals surface area contributed by atoms with E-state index in [9.17, 15) is 9.59 Å². The van der Waals surface area contributed by atoms with Gasteiger partial charge in [0.25, 0.3) is 11.8 Å². The van der Waals surface area contributed by atoms with Crippen molar-refractivity contribution in [2.75, 3.05) is 12.4 Å². The predicted octanol–water partition coefficient (Wildman–Crippen LogP) is 3.51. The highest BCUT2D eigenvalue weighted by Gasteiger charge is 2.14. The van der Waals surface area contributed by atoms with Crippen LogP contribution in [0, 0.1) is 11.3 Å². The number of nitriles is 1. The van der Waals surface area contributed by atoms with Gasteiger partial charge in [0.1, 0.15) is 0 Å². The number of carbonyl (C=O) groups excluding carboxylic acids is 2. The quantitative estimate of drug-likeness (QED) is 0.847. The summed E-state index contributed by atoms with van der Waals surface area (Å²) < 4.78 is 0. The fourth-order valence-corrected chi connectivity index (χ4v) is 2.44. The minimum absolute atomic E-state index is 0.188. The molecule has 0 unspecified atom stereocenters. The maximum absolute atomic E-state index is 12.4. The Balaban J connectivity index is 2.15. The largest absolute Gasteiger partial charge is 0.355 e. The molecular weight excluding hydrogens is 314 g/mol. The van der Waals surface area contributed by atoms with E-state index in [4.69, 9.17) is 5.26 Å². The Kier molecular flexibility index (Phi) is 6.30. The summed E-state index contributed by atoms with van der Waals surface area (Å²) in [6.07, 6.45) is 3.31. The third-order valence-electron chi connectivity index (χ3n) is 3.90. The molecule has 2 aromatic rings. The Bertz CT molecular complexity index is 805. The van der Waals surface area contributed by atoms with Gasteiger partial charge in [-0.2, -0.15) is 5.26 Å². The van der Waals surface area contributed by atoms with E-state index in [1.54, 1.807) is 0 Å². The van der Waals surface area contributed by atoms with E-state index >= 15 is 0 Å². The molecule has 2 N–H and O–H groups in total. The monoisotopic (exact) mass is 335 g/mol. The molecule has 0 aromatic heterocycles. The van der Waals surface area contributed by atoms with Crippen molar-refractivity contribution < 1.29 is 9.59 Å². The molecule has 0 bridgehead atoms. The van der Waals surface area contributed by atoms with Crippen LogP contribution in [0.5, 0.6) is 0 Å². The molecule has 0 atom stereocenters. The van der Waals surface area contributed by atoms with Crippen LogP contribution in [0.15, 0.2) is 42.5 Å². The zero-order valence-corrected chi connectivity index (χ0v) is 14.4. The normalized spacial score (nSPS) is 9.96. The number of amides is 2. The first-order valence-electron chi connectivity index (χ1n) is 8.25. The SMILES string of the molecule is CCCCc1ccc(NC(=O)c2ccc(C#N)c(C(=O)NC)c2)cc1. The first-order chi connectivity index (χ1) is 12.1. The van der Waals surface area contributed by atoms with Crippen molar-refractivity contribution in [3.63, 3.8) is 0 Å². The van der Waals surface area contributed by atoms with Gasteiger partial charge in [-0.1, -0.05) is 25.5 Å². The second-order valence-electron chi connectivity index (χ2n) is 5.71. The molecule has 0 saturated carbocycles. The second-order valence-corrected chi connectivity index (χ2v) is 5.71. The molecule has 0 spiro atoms. The molecule has 2 amide bonds. The van der Waals surface area contributed by atoms with E-state index in [1.165, 1.54) is 30.8 Å². The van der Waals surface area contributed by atoms with Crippen LogP contribution in [0.1, 0.15) is 51.6 Å². The van der Waals surface area contributed by atoms with Crippen molar-refractivity contribution in [2.24, 2.45) is 0 Å². The molecule has 2 aromatic carbocycles. The van der Waals surface area contributed by atoms with Crippen LogP contribution in [0.4, 0.5) is 5.69 Å². The summed E-state index contributed by atoms with van der Waals surface area (Å²) in [5, 5.41) is 14.4. The summed E-state index contributed by atoms with van der Waals surface area (Å²) in [5.74, 6) is -0.720.